The van der Waals surface area contributed by atoms with Gasteiger partial charge in [0.1, 0.15) is 17.1 Å². The van der Waals surface area contributed by atoms with Gasteiger partial charge in [0.15, 0.2) is 28.8 Å². The normalized spacial score (nSPS) is 21.7. The van der Waals surface area contributed by atoms with Crippen LogP contribution in [-0.2, 0) is 0 Å². The first kappa shape index (κ1) is 37.9. The van der Waals surface area contributed by atoms with E-state index in [-0.39, 0.29) is 36.3 Å². The van der Waals surface area contributed by atoms with E-state index in [1.807, 2.05) is 30.3 Å². The molecular formula is C46H64O7. The van der Waals surface area contributed by atoms with E-state index in [0.717, 1.165) is 114 Å². The third kappa shape index (κ3) is 10.5. The lowest BCUT2D eigenvalue weighted by Gasteiger charge is -2.30. The molecule has 7 rings (SSSR count). The molecular weight excluding hydrogens is 664 g/mol. The van der Waals surface area contributed by atoms with Gasteiger partial charge in [0.2, 0.25) is 0 Å². The standard InChI is InChI=1S/C46H64O7/c1-48-43-32-39(49-34-17-7-2-8-18-34)31-33(45(43)52-37-23-13-5-14-24-37)27-28-40(47)44-41(50-35-19-9-3-10-20-35)29-30-42(51-36-21-11-4-12-22-36)46(44)53-38-25-15-6-16-26-38/h27-32,34-38H,2-26H2,1H3. The number of carbonyl (C=O) groups excluding carboxylic acids is 1. The first-order chi connectivity index (χ1) is 26.1. The van der Waals surface area contributed by atoms with Crippen molar-refractivity contribution in [3.05, 3.63) is 41.5 Å². The molecule has 0 spiro atoms. The summed E-state index contributed by atoms with van der Waals surface area (Å²) in [5.74, 6) is 3.73. The van der Waals surface area contributed by atoms with Crippen molar-refractivity contribution in [2.45, 2.75) is 191 Å². The summed E-state index contributed by atoms with van der Waals surface area (Å²) in [7, 11) is 1.69. The topological polar surface area (TPSA) is 72.5 Å². The summed E-state index contributed by atoms with van der Waals surface area (Å²) in [5, 5.41) is 0. The molecule has 5 saturated carbocycles. The second-order valence-corrected chi connectivity index (χ2v) is 16.4. The van der Waals surface area contributed by atoms with Gasteiger partial charge in [-0.15, -0.1) is 0 Å². The number of carbonyl (C=O) groups is 1. The summed E-state index contributed by atoms with van der Waals surface area (Å²) in [6, 6.07) is 7.95. The van der Waals surface area contributed by atoms with Crippen LogP contribution in [-0.4, -0.2) is 43.4 Å². The van der Waals surface area contributed by atoms with Crippen LogP contribution in [0.3, 0.4) is 0 Å². The third-order valence-corrected chi connectivity index (χ3v) is 12.2. The zero-order valence-electron chi connectivity index (χ0n) is 32.4. The Morgan fingerprint density at radius 3 is 1.40 bits per heavy atom. The molecule has 0 saturated heterocycles. The fourth-order valence-electron chi connectivity index (χ4n) is 9.20. The molecule has 0 bridgehead atoms. The lowest BCUT2D eigenvalue weighted by molar-refractivity contribution is 0.0993. The van der Waals surface area contributed by atoms with Crippen LogP contribution >= 0.6 is 0 Å². The number of hydrogen-bond acceptors (Lipinski definition) is 7. The van der Waals surface area contributed by atoms with Gasteiger partial charge in [0.25, 0.3) is 0 Å². The van der Waals surface area contributed by atoms with Crippen LogP contribution in [0.4, 0.5) is 0 Å². The number of hydrogen-bond donors (Lipinski definition) is 0. The van der Waals surface area contributed by atoms with Gasteiger partial charge >= 0.3 is 0 Å². The summed E-state index contributed by atoms with van der Waals surface area (Å²) < 4.78 is 39.6. The number of allylic oxidation sites excluding steroid dienone is 1. The molecule has 290 valence electrons. The molecule has 53 heavy (non-hydrogen) atoms. The molecule has 0 unspecified atom stereocenters. The van der Waals surface area contributed by atoms with Crippen LogP contribution in [0.2, 0.25) is 0 Å². The lowest BCUT2D eigenvalue weighted by Crippen LogP contribution is -2.25. The van der Waals surface area contributed by atoms with Gasteiger partial charge < -0.3 is 28.4 Å². The largest absolute Gasteiger partial charge is 0.493 e. The SMILES string of the molecule is COc1cc(OC2CCCCC2)cc(C=CC(=O)c2c(OC3CCCCC3)ccc(OC3CCCCC3)c2OC2CCCCC2)c1OC1CCCCC1. The van der Waals surface area contributed by atoms with Crippen molar-refractivity contribution >= 4 is 11.9 Å². The molecule has 5 aliphatic rings. The van der Waals surface area contributed by atoms with E-state index in [0.29, 0.717) is 34.3 Å². The summed E-state index contributed by atoms with van der Waals surface area (Å²) in [6.07, 6.45) is 32.1. The van der Waals surface area contributed by atoms with Crippen molar-refractivity contribution in [3.63, 3.8) is 0 Å². The Labute approximate surface area is 318 Å². The fraction of sp³-hybridized carbons (Fsp3) is 0.674. The average molecular weight is 729 g/mol. The molecule has 5 aliphatic carbocycles. The molecule has 0 N–H and O–H groups in total. The summed E-state index contributed by atoms with van der Waals surface area (Å²) in [5.41, 5.74) is 1.26. The minimum Gasteiger partial charge on any atom is -0.493 e. The fourth-order valence-corrected chi connectivity index (χ4v) is 9.20. The molecule has 0 radical (unpaired) electrons. The van der Waals surface area contributed by atoms with Crippen molar-refractivity contribution in [3.8, 4) is 34.5 Å². The Morgan fingerprint density at radius 2 is 0.906 bits per heavy atom. The first-order valence-corrected chi connectivity index (χ1v) is 21.6. The molecule has 2 aromatic rings. The Bertz CT molecular complexity index is 1490. The maximum atomic E-state index is 14.8. The average Bonchev–Trinajstić information content (AvgIpc) is 3.20. The lowest BCUT2D eigenvalue weighted by atomic mass is 9.96. The highest BCUT2D eigenvalue weighted by Gasteiger charge is 2.30. The van der Waals surface area contributed by atoms with Crippen molar-refractivity contribution in [1.82, 2.24) is 0 Å². The molecule has 0 atom stereocenters. The van der Waals surface area contributed by atoms with Crippen molar-refractivity contribution in [1.29, 1.82) is 0 Å². The number of ether oxygens (including phenoxy) is 6. The van der Waals surface area contributed by atoms with Crippen LogP contribution in [0.25, 0.3) is 6.08 Å². The van der Waals surface area contributed by atoms with Gasteiger partial charge in [-0.1, -0.05) is 32.1 Å². The Kier molecular flexibility index (Phi) is 13.8. The number of benzene rings is 2. The molecule has 0 amide bonds. The van der Waals surface area contributed by atoms with Crippen LogP contribution in [0.1, 0.15) is 176 Å². The van der Waals surface area contributed by atoms with Crippen molar-refractivity contribution in [2.75, 3.05) is 7.11 Å². The van der Waals surface area contributed by atoms with Crippen LogP contribution in [0.15, 0.2) is 30.3 Å². The first-order valence-electron chi connectivity index (χ1n) is 21.6. The Balaban J connectivity index is 1.26. The van der Waals surface area contributed by atoms with Crippen LogP contribution in [0, 0.1) is 0 Å². The summed E-state index contributed by atoms with van der Waals surface area (Å²) >= 11 is 0. The number of rotatable bonds is 14. The van der Waals surface area contributed by atoms with Gasteiger partial charge in [0.05, 0.1) is 37.6 Å². The minimum absolute atomic E-state index is 0.0475. The number of ketones is 1. The van der Waals surface area contributed by atoms with Gasteiger partial charge in [-0.05, 0) is 159 Å². The molecule has 7 nitrogen and oxygen atoms in total. The minimum atomic E-state index is -0.156. The van der Waals surface area contributed by atoms with E-state index < -0.39 is 0 Å². The maximum absolute atomic E-state index is 14.8. The molecule has 2 aromatic carbocycles. The zero-order valence-corrected chi connectivity index (χ0v) is 32.4. The van der Waals surface area contributed by atoms with E-state index in [9.17, 15) is 4.79 Å². The molecule has 0 heterocycles. The van der Waals surface area contributed by atoms with E-state index in [1.54, 1.807) is 13.2 Å². The second-order valence-electron chi connectivity index (χ2n) is 16.4. The molecule has 5 fully saturated rings. The third-order valence-electron chi connectivity index (χ3n) is 12.2. The van der Waals surface area contributed by atoms with Gasteiger partial charge in [-0.3, -0.25) is 4.79 Å². The highest BCUT2D eigenvalue weighted by atomic mass is 16.5. The highest BCUT2D eigenvalue weighted by molar-refractivity contribution is 6.11. The zero-order chi connectivity index (χ0) is 36.2. The summed E-state index contributed by atoms with van der Waals surface area (Å²) in [6.45, 7) is 0. The second kappa shape index (κ2) is 19.3. The van der Waals surface area contributed by atoms with Crippen molar-refractivity contribution < 1.29 is 33.2 Å². The quantitative estimate of drug-likeness (QED) is 0.142. The monoisotopic (exact) mass is 728 g/mol. The van der Waals surface area contributed by atoms with Crippen molar-refractivity contribution in [2.24, 2.45) is 0 Å². The molecule has 0 aromatic heterocycles. The van der Waals surface area contributed by atoms with E-state index in [4.69, 9.17) is 28.4 Å². The van der Waals surface area contributed by atoms with Gasteiger partial charge in [-0.2, -0.15) is 0 Å². The van der Waals surface area contributed by atoms with E-state index in [1.165, 1.54) is 57.8 Å². The Hall–Kier alpha value is -3.35. The Morgan fingerprint density at radius 1 is 0.491 bits per heavy atom. The number of methoxy groups -OCH3 is 1. The smallest absolute Gasteiger partial charge is 0.193 e. The molecule has 7 heteroatoms. The van der Waals surface area contributed by atoms with E-state index in [2.05, 4.69) is 0 Å². The maximum Gasteiger partial charge on any atom is 0.193 e. The predicted molar refractivity (Wildman–Crippen MR) is 210 cm³/mol. The van der Waals surface area contributed by atoms with Crippen LogP contribution in [0.5, 0.6) is 34.5 Å². The predicted octanol–water partition coefficient (Wildman–Crippen LogP) is 12.1. The van der Waals surface area contributed by atoms with Gasteiger partial charge in [0, 0.05) is 11.6 Å². The van der Waals surface area contributed by atoms with Crippen LogP contribution < -0.4 is 28.4 Å². The highest BCUT2D eigenvalue weighted by Crippen LogP contribution is 2.44. The summed E-state index contributed by atoms with van der Waals surface area (Å²) in [4.78, 5) is 14.8. The molecule has 0 aliphatic heterocycles. The van der Waals surface area contributed by atoms with Gasteiger partial charge in [-0.25, -0.2) is 0 Å². The van der Waals surface area contributed by atoms with E-state index >= 15 is 0 Å².